The van der Waals surface area contributed by atoms with Crippen LogP contribution in [-0.2, 0) is 4.74 Å². The van der Waals surface area contributed by atoms with Gasteiger partial charge in [0.05, 0.1) is 17.1 Å². The van der Waals surface area contributed by atoms with Crippen LogP contribution in [0.4, 0.5) is 11.5 Å². The Bertz CT molecular complexity index is 547. The zero-order valence-electron chi connectivity index (χ0n) is 11.8. The topological polar surface area (TPSA) is 112 Å². The third-order valence-corrected chi connectivity index (χ3v) is 3.55. The monoisotopic (exact) mass is 294 g/mol. The molecule has 0 spiro atoms. The number of nitrogen functional groups attached to an aromatic ring is 1. The van der Waals surface area contributed by atoms with Crippen molar-refractivity contribution in [1.82, 2.24) is 9.88 Å². The van der Waals surface area contributed by atoms with E-state index in [0.29, 0.717) is 19.7 Å². The van der Waals surface area contributed by atoms with E-state index in [1.54, 1.807) is 12.0 Å². The van der Waals surface area contributed by atoms with Crippen molar-refractivity contribution in [3.8, 4) is 0 Å². The molecule has 1 aliphatic rings. The van der Waals surface area contributed by atoms with Crippen LogP contribution in [0.25, 0.3) is 0 Å². The van der Waals surface area contributed by atoms with Gasteiger partial charge in [-0.3, -0.25) is 14.9 Å². The fourth-order valence-electron chi connectivity index (χ4n) is 2.53. The maximum atomic E-state index is 12.5. The zero-order valence-corrected chi connectivity index (χ0v) is 11.8. The summed E-state index contributed by atoms with van der Waals surface area (Å²) in [4.78, 5) is 28.1. The smallest absolute Gasteiger partial charge is 0.288 e. The Morgan fingerprint density at radius 1 is 1.67 bits per heavy atom. The zero-order chi connectivity index (χ0) is 15.4. The number of ether oxygens (including phenoxy) is 1. The Morgan fingerprint density at radius 3 is 3.10 bits per heavy atom. The highest BCUT2D eigenvalue weighted by Crippen LogP contribution is 2.22. The molecule has 0 bridgehead atoms. The summed E-state index contributed by atoms with van der Waals surface area (Å²) in [5.41, 5.74) is 5.53. The van der Waals surface area contributed by atoms with Crippen molar-refractivity contribution >= 4 is 17.4 Å². The van der Waals surface area contributed by atoms with Gasteiger partial charge in [0.25, 0.3) is 11.6 Å². The lowest BCUT2D eigenvalue weighted by Gasteiger charge is -2.32. The Kier molecular flexibility index (Phi) is 4.69. The summed E-state index contributed by atoms with van der Waals surface area (Å²) in [5.74, 6) is -0.0236. The first-order chi connectivity index (χ1) is 10.0. The molecular weight excluding hydrogens is 276 g/mol. The number of methoxy groups -OCH3 is 1. The van der Waals surface area contributed by atoms with Crippen LogP contribution in [0, 0.1) is 16.0 Å². The number of carbonyl (C=O) groups excluding carboxylic acids is 1. The standard InChI is InChI=1S/C13H18N4O4/c1-21-8-9-3-2-4-16(7-9)13(18)11-5-10(17(19)20)6-15-12(11)14/h5-6,9H,2-4,7-8H2,1H3,(H2,14,15). The maximum absolute atomic E-state index is 12.5. The van der Waals surface area contributed by atoms with E-state index in [1.807, 2.05) is 0 Å². The molecule has 0 radical (unpaired) electrons. The third kappa shape index (κ3) is 3.46. The number of aromatic nitrogens is 1. The number of piperidine rings is 1. The van der Waals surface area contributed by atoms with E-state index in [-0.39, 0.29) is 28.9 Å². The van der Waals surface area contributed by atoms with Crippen LogP contribution in [0.5, 0.6) is 0 Å². The number of hydrogen-bond donors (Lipinski definition) is 1. The second-order valence-corrected chi connectivity index (χ2v) is 5.10. The van der Waals surface area contributed by atoms with Gasteiger partial charge in [0.1, 0.15) is 12.0 Å². The van der Waals surface area contributed by atoms with Crippen molar-refractivity contribution in [1.29, 1.82) is 0 Å². The van der Waals surface area contributed by atoms with Crippen LogP contribution in [0.2, 0.25) is 0 Å². The Balaban J connectivity index is 2.19. The molecule has 0 saturated carbocycles. The van der Waals surface area contributed by atoms with Crippen LogP contribution in [-0.4, -0.2) is 47.5 Å². The number of pyridine rings is 1. The second kappa shape index (κ2) is 6.49. The van der Waals surface area contributed by atoms with Crippen molar-refractivity contribution in [2.45, 2.75) is 12.8 Å². The van der Waals surface area contributed by atoms with Gasteiger partial charge in [0.15, 0.2) is 0 Å². The van der Waals surface area contributed by atoms with Gasteiger partial charge in [-0.15, -0.1) is 0 Å². The minimum Gasteiger partial charge on any atom is -0.384 e. The van der Waals surface area contributed by atoms with Crippen LogP contribution < -0.4 is 5.73 Å². The molecule has 1 fully saturated rings. The molecule has 2 rings (SSSR count). The quantitative estimate of drug-likeness (QED) is 0.656. The van der Waals surface area contributed by atoms with E-state index in [1.165, 1.54) is 6.07 Å². The normalized spacial score (nSPS) is 18.5. The van der Waals surface area contributed by atoms with E-state index in [2.05, 4.69) is 4.98 Å². The molecule has 2 heterocycles. The molecule has 0 aromatic carbocycles. The molecule has 21 heavy (non-hydrogen) atoms. The van der Waals surface area contributed by atoms with Gasteiger partial charge < -0.3 is 15.4 Å². The number of nitrogens with two attached hydrogens (primary N) is 1. The molecule has 1 saturated heterocycles. The summed E-state index contributed by atoms with van der Waals surface area (Å²) in [6, 6.07) is 1.19. The predicted octanol–water partition coefficient (Wildman–Crippen LogP) is 1.07. The third-order valence-electron chi connectivity index (χ3n) is 3.55. The highest BCUT2D eigenvalue weighted by atomic mass is 16.6. The number of amides is 1. The first kappa shape index (κ1) is 15.2. The van der Waals surface area contributed by atoms with Crippen LogP contribution in [0.15, 0.2) is 12.3 Å². The van der Waals surface area contributed by atoms with E-state index < -0.39 is 4.92 Å². The molecule has 1 aliphatic heterocycles. The molecule has 8 nitrogen and oxygen atoms in total. The minimum atomic E-state index is -0.590. The summed E-state index contributed by atoms with van der Waals surface area (Å²) in [6.45, 7) is 1.77. The minimum absolute atomic E-state index is 0.0134. The lowest BCUT2D eigenvalue weighted by atomic mass is 9.98. The van der Waals surface area contributed by atoms with Gasteiger partial charge >= 0.3 is 0 Å². The number of nitrogens with zero attached hydrogens (tertiary/aromatic N) is 3. The predicted molar refractivity (Wildman–Crippen MR) is 75.8 cm³/mol. The number of hydrogen-bond acceptors (Lipinski definition) is 6. The molecule has 8 heteroatoms. The lowest BCUT2D eigenvalue weighted by Crippen LogP contribution is -2.41. The average Bonchev–Trinajstić information content (AvgIpc) is 2.47. The van der Waals surface area contributed by atoms with E-state index in [9.17, 15) is 14.9 Å². The highest BCUT2D eigenvalue weighted by Gasteiger charge is 2.27. The molecular formula is C13H18N4O4. The molecule has 0 aliphatic carbocycles. The Hall–Kier alpha value is -2.22. The molecule has 1 atom stereocenters. The fourth-order valence-corrected chi connectivity index (χ4v) is 2.53. The molecule has 114 valence electrons. The van der Waals surface area contributed by atoms with Gasteiger partial charge in [0.2, 0.25) is 0 Å². The molecule has 1 aromatic rings. The Morgan fingerprint density at radius 2 is 2.43 bits per heavy atom. The summed E-state index contributed by atoms with van der Waals surface area (Å²) in [5, 5.41) is 10.8. The Labute approximate surface area is 122 Å². The second-order valence-electron chi connectivity index (χ2n) is 5.10. The van der Waals surface area contributed by atoms with Crippen molar-refractivity contribution in [2.24, 2.45) is 5.92 Å². The van der Waals surface area contributed by atoms with E-state index in [0.717, 1.165) is 19.0 Å². The number of likely N-dealkylation sites (tertiary alicyclic amines) is 1. The van der Waals surface area contributed by atoms with E-state index >= 15 is 0 Å². The van der Waals surface area contributed by atoms with Gasteiger partial charge in [-0.25, -0.2) is 4.98 Å². The molecule has 2 N–H and O–H groups in total. The maximum Gasteiger partial charge on any atom is 0.288 e. The average molecular weight is 294 g/mol. The van der Waals surface area contributed by atoms with Gasteiger partial charge in [-0.2, -0.15) is 0 Å². The summed E-state index contributed by atoms with van der Waals surface area (Å²) in [6.07, 6.45) is 2.93. The molecule has 1 amide bonds. The van der Waals surface area contributed by atoms with Crippen molar-refractivity contribution in [3.05, 3.63) is 27.9 Å². The number of nitro groups is 1. The van der Waals surface area contributed by atoms with E-state index in [4.69, 9.17) is 10.5 Å². The summed E-state index contributed by atoms with van der Waals surface area (Å²) < 4.78 is 5.13. The van der Waals surface area contributed by atoms with Crippen molar-refractivity contribution in [2.75, 3.05) is 32.5 Å². The number of anilines is 1. The SMILES string of the molecule is COCC1CCCN(C(=O)c2cc([N+](=O)[O-])cnc2N)C1. The van der Waals surface area contributed by atoms with Gasteiger partial charge in [-0.1, -0.05) is 0 Å². The first-order valence-electron chi connectivity index (χ1n) is 6.71. The van der Waals surface area contributed by atoms with Crippen molar-refractivity contribution in [3.63, 3.8) is 0 Å². The van der Waals surface area contributed by atoms with Gasteiger partial charge in [-0.05, 0) is 18.8 Å². The van der Waals surface area contributed by atoms with Crippen molar-refractivity contribution < 1.29 is 14.5 Å². The van der Waals surface area contributed by atoms with Crippen LogP contribution in [0.3, 0.4) is 0 Å². The number of carbonyl (C=O) groups is 1. The molecule has 1 unspecified atom stereocenters. The summed E-state index contributed by atoms with van der Waals surface area (Å²) >= 11 is 0. The lowest BCUT2D eigenvalue weighted by molar-refractivity contribution is -0.385. The largest absolute Gasteiger partial charge is 0.384 e. The summed E-state index contributed by atoms with van der Waals surface area (Å²) in [7, 11) is 1.63. The van der Waals surface area contributed by atoms with Gasteiger partial charge in [0, 0.05) is 26.3 Å². The molecule has 1 aromatic heterocycles. The number of rotatable bonds is 4. The van der Waals surface area contributed by atoms with Crippen LogP contribution in [0.1, 0.15) is 23.2 Å². The highest BCUT2D eigenvalue weighted by molar-refractivity contribution is 5.98. The van der Waals surface area contributed by atoms with Crippen LogP contribution >= 0.6 is 0 Å². The fraction of sp³-hybridized carbons (Fsp3) is 0.538. The first-order valence-corrected chi connectivity index (χ1v) is 6.71.